The van der Waals surface area contributed by atoms with Crippen LogP contribution in [0, 0.1) is 5.82 Å². The molecule has 1 aromatic heterocycles. The van der Waals surface area contributed by atoms with Gasteiger partial charge in [-0.05, 0) is 29.8 Å². The zero-order chi connectivity index (χ0) is 12.1. The van der Waals surface area contributed by atoms with Crippen molar-refractivity contribution in [3.8, 4) is 0 Å². The van der Waals surface area contributed by atoms with Crippen molar-refractivity contribution in [3.63, 3.8) is 0 Å². The van der Waals surface area contributed by atoms with E-state index < -0.39 is 0 Å². The second-order valence-corrected chi connectivity index (χ2v) is 3.69. The number of hydrogen-bond donors (Lipinski definition) is 2. The van der Waals surface area contributed by atoms with Gasteiger partial charge >= 0.3 is 0 Å². The van der Waals surface area contributed by atoms with Gasteiger partial charge in [0.05, 0.1) is 17.9 Å². The Morgan fingerprint density at radius 1 is 1.24 bits per heavy atom. The number of nitrogens with zero attached hydrogens (tertiary/aromatic N) is 1. The predicted molar refractivity (Wildman–Crippen MR) is 65.9 cm³/mol. The lowest BCUT2D eigenvalue weighted by Gasteiger charge is -2.08. The lowest BCUT2D eigenvalue weighted by Crippen LogP contribution is -2.04. The second-order valence-electron chi connectivity index (χ2n) is 3.69. The Morgan fingerprint density at radius 2 is 2.12 bits per heavy atom. The van der Waals surface area contributed by atoms with E-state index in [4.69, 9.17) is 5.73 Å². The molecule has 0 aliphatic heterocycles. The first-order valence-corrected chi connectivity index (χ1v) is 5.42. The highest BCUT2D eigenvalue weighted by atomic mass is 19.1. The summed E-state index contributed by atoms with van der Waals surface area (Å²) in [5, 5.41) is 3.00. The number of aromatic nitrogens is 1. The summed E-state index contributed by atoms with van der Waals surface area (Å²) in [5.41, 5.74) is 7.56. The van der Waals surface area contributed by atoms with Crippen LogP contribution in [0.1, 0.15) is 11.3 Å². The quantitative estimate of drug-likeness (QED) is 0.848. The molecule has 88 valence electrons. The van der Waals surface area contributed by atoms with Crippen LogP contribution in [0.15, 0.2) is 42.6 Å². The molecule has 0 fully saturated rings. The summed E-state index contributed by atoms with van der Waals surface area (Å²) in [5.74, 6) is -0.288. The zero-order valence-corrected chi connectivity index (χ0v) is 9.36. The van der Waals surface area contributed by atoms with Crippen LogP contribution in [0.25, 0.3) is 0 Å². The van der Waals surface area contributed by atoms with Crippen LogP contribution < -0.4 is 11.1 Å². The van der Waals surface area contributed by atoms with Gasteiger partial charge < -0.3 is 11.1 Å². The topological polar surface area (TPSA) is 50.9 Å². The highest BCUT2D eigenvalue weighted by Gasteiger charge is 2.02. The van der Waals surface area contributed by atoms with Crippen molar-refractivity contribution >= 4 is 5.69 Å². The molecule has 4 heteroatoms. The molecule has 0 amide bonds. The smallest absolute Gasteiger partial charge is 0.146 e. The molecule has 1 heterocycles. The van der Waals surface area contributed by atoms with Crippen molar-refractivity contribution in [2.75, 3.05) is 5.32 Å². The third-order valence-electron chi connectivity index (χ3n) is 2.46. The van der Waals surface area contributed by atoms with Gasteiger partial charge in [0, 0.05) is 12.7 Å². The number of rotatable bonds is 4. The Labute approximate surface area is 99.5 Å². The highest BCUT2D eigenvalue weighted by molar-refractivity contribution is 5.46. The fraction of sp³-hybridized carbons (Fsp3) is 0.154. The number of hydrogen-bond acceptors (Lipinski definition) is 3. The minimum atomic E-state index is -0.288. The molecule has 0 spiro atoms. The predicted octanol–water partition coefficient (Wildman–Crippen LogP) is 2.29. The van der Waals surface area contributed by atoms with Crippen molar-refractivity contribution in [1.82, 2.24) is 4.98 Å². The number of nitrogens with two attached hydrogens (primary N) is 1. The minimum absolute atomic E-state index is 0.288. The molecule has 0 bridgehead atoms. The van der Waals surface area contributed by atoms with Gasteiger partial charge in [0.2, 0.25) is 0 Å². The van der Waals surface area contributed by atoms with E-state index in [2.05, 4.69) is 10.3 Å². The lowest BCUT2D eigenvalue weighted by atomic mass is 10.2. The van der Waals surface area contributed by atoms with E-state index in [0.29, 0.717) is 18.8 Å². The molecule has 0 atom stereocenters. The Morgan fingerprint density at radius 3 is 2.76 bits per heavy atom. The maximum atomic E-state index is 13.6. The van der Waals surface area contributed by atoms with Crippen molar-refractivity contribution < 1.29 is 4.39 Å². The van der Waals surface area contributed by atoms with Crippen molar-refractivity contribution in [2.24, 2.45) is 5.73 Å². The van der Waals surface area contributed by atoms with Crippen molar-refractivity contribution in [1.29, 1.82) is 0 Å². The molecule has 1 aromatic carbocycles. The molecule has 0 aliphatic carbocycles. The molecule has 3 nitrogen and oxygen atoms in total. The number of anilines is 1. The highest BCUT2D eigenvalue weighted by Crippen LogP contribution is 2.16. The maximum Gasteiger partial charge on any atom is 0.146 e. The molecule has 0 aliphatic rings. The molecule has 0 radical (unpaired) electrons. The van der Waals surface area contributed by atoms with Gasteiger partial charge in [0.15, 0.2) is 0 Å². The zero-order valence-electron chi connectivity index (χ0n) is 9.36. The lowest BCUT2D eigenvalue weighted by molar-refractivity contribution is 0.627. The molecular formula is C13H14FN3. The van der Waals surface area contributed by atoms with E-state index in [0.717, 1.165) is 11.3 Å². The molecule has 3 N–H and O–H groups in total. The molecule has 0 saturated heterocycles. The third-order valence-corrected chi connectivity index (χ3v) is 2.46. The van der Waals surface area contributed by atoms with E-state index in [9.17, 15) is 4.39 Å². The van der Waals surface area contributed by atoms with Gasteiger partial charge in [0.1, 0.15) is 5.82 Å². The number of benzene rings is 1. The first kappa shape index (κ1) is 11.5. The average Bonchev–Trinajstić information content (AvgIpc) is 2.38. The average molecular weight is 231 g/mol. The fourth-order valence-electron chi connectivity index (χ4n) is 1.52. The van der Waals surface area contributed by atoms with Gasteiger partial charge in [-0.3, -0.25) is 4.98 Å². The first-order valence-electron chi connectivity index (χ1n) is 5.42. The van der Waals surface area contributed by atoms with Crippen molar-refractivity contribution in [2.45, 2.75) is 13.1 Å². The maximum absolute atomic E-state index is 13.6. The SMILES string of the molecule is NCc1ccc(NCc2ccccn2)c(F)c1. The van der Waals surface area contributed by atoms with Crippen LogP contribution in [-0.4, -0.2) is 4.98 Å². The Hall–Kier alpha value is -1.94. The summed E-state index contributed by atoms with van der Waals surface area (Å²) in [6.45, 7) is 0.844. The third kappa shape index (κ3) is 3.01. The molecule has 2 aromatic rings. The van der Waals surface area contributed by atoms with Crippen LogP contribution in [-0.2, 0) is 13.1 Å². The first-order chi connectivity index (χ1) is 8.29. The van der Waals surface area contributed by atoms with Crippen molar-refractivity contribution in [3.05, 3.63) is 59.7 Å². The van der Waals surface area contributed by atoms with Crippen LogP contribution in [0.2, 0.25) is 0 Å². The van der Waals surface area contributed by atoms with E-state index in [1.165, 1.54) is 6.07 Å². The van der Waals surface area contributed by atoms with Gasteiger partial charge in [-0.2, -0.15) is 0 Å². The van der Waals surface area contributed by atoms with E-state index in [1.807, 2.05) is 24.3 Å². The van der Waals surface area contributed by atoms with Crippen LogP contribution >= 0.6 is 0 Å². The van der Waals surface area contributed by atoms with E-state index in [1.54, 1.807) is 12.3 Å². The fourth-order valence-corrected chi connectivity index (χ4v) is 1.52. The van der Waals surface area contributed by atoms with E-state index >= 15 is 0 Å². The molecule has 17 heavy (non-hydrogen) atoms. The summed E-state index contributed by atoms with van der Waals surface area (Å²) in [6.07, 6.45) is 1.71. The Bertz CT molecular complexity index is 485. The number of nitrogens with one attached hydrogen (secondary N) is 1. The number of pyridine rings is 1. The van der Waals surface area contributed by atoms with Crippen LogP contribution in [0.5, 0.6) is 0 Å². The largest absolute Gasteiger partial charge is 0.377 e. The molecule has 0 unspecified atom stereocenters. The van der Waals surface area contributed by atoms with Gasteiger partial charge in [-0.15, -0.1) is 0 Å². The molecular weight excluding hydrogens is 217 g/mol. The monoisotopic (exact) mass is 231 g/mol. The van der Waals surface area contributed by atoms with Gasteiger partial charge in [-0.25, -0.2) is 4.39 Å². The Kier molecular flexibility index (Phi) is 3.67. The van der Waals surface area contributed by atoms with Crippen LogP contribution in [0.4, 0.5) is 10.1 Å². The summed E-state index contributed by atoms with van der Waals surface area (Å²) in [6, 6.07) is 10.6. The van der Waals surface area contributed by atoms with E-state index in [-0.39, 0.29) is 5.82 Å². The Balaban J connectivity index is 2.04. The molecule has 2 rings (SSSR count). The van der Waals surface area contributed by atoms with Crippen LogP contribution in [0.3, 0.4) is 0 Å². The summed E-state index contributed by atoms with van der Waals surface area (Å²) in [4.78, 5) is 4.15. The normalized spacial score (nSPS) is 10.2. The summed E-state index contributed by atoms with van der Waals surface area (Å²) in [7, 11) is 0. The molecule has 0 saturated carbocycles. The summed E-state index contributed by atoms with van der Waals surface area (Å²) < 4.78 is 13.6. The van der Waals surface area contributed by atoms with Gasteiger partial charge in [0.25, 0.3) is 0 Å². The summed E-state index contributed by atoms with van der Waals surface area (Å²) >= 11 is 0. The number of halogens is 1. The van der Waals surface area contributed by atoms with Gasteiger partial charge in [-0.1, -0.05) is 12.1 Å². The standard InChI is InChI=1S/C13H14FN3/c14-12-7-10(8-15)4-5-13(12)17-9-11-3-1-2-6-16-11/h1-7,17H,8-9,15H2. The minimum Gasteiger partial charge on any atom is -0.377 e. The second kappa shape index (κ2) is 5.41.